The highest BCUT2D eigenvalue weighted by atomic mass is 16.3. The fourth-order valence-corrected chi connectivity index (χ4v) is 6.43. The molecule has 4 aromatic rings. The van der Waals surface area contributed by atoms with Gasteiger partial charge in [0.15, 0.2) is 0 Å². The molecule has 2 nitrogen and oxygen atoms in total. The van der Waals surface area contributed by atoms with Gasteiger partial charge in [-0.05, 0) is 77.0 Å². The summed E-state index contributed by atoms with van der Waals surface area (Å²) in [7, 11) is 0. The number of aromatic hydroxyl groups is 2. The number of phenolic OH excluding ortho intramolecular Hbond substituents is 2. The van der Waals surface area contributed by atoms with Crippen molar-refractivity contribution in [2.24, 2.45) is 0 Å². The highest BCUT2D eigenvalue weighted by Gasteiger charge is 2.56. The van der Waals surface area contributed by atoms with Crippen LogP contribution >= 0.6 is 0 Å². The second-order valence-electron chi connectivity index (χ2n) is 9.09. The fraction of sp³-hybridized carbons (Fsp3) is 0.259. The van der Waals surface area contributed by atoms with Crippen molar-refractivity contribution in [3.63, 3.8) is 0 Å². The molecule has 2 aliphatic rings. The van der Waals surface area contributed by atoms with E-state index in [0.29, 0.717) is 11.5 Å². The van der Waals surface area contributed by atoms with Gasteiger partial charge in [0.2, 0.25) is 0 Å². The largest absolute Gasteiger partial charge is 0.507 e. The van der Waals surface area contributed by atoms with Crippen molar-refractivity contribution < 1.29 is 10.2 Å². The van der Waals surface area contributed by atoms with E-state index in [0.717, 1.165) is 17.2 Å². The SMILES string of the molecule is Oc1ccc(C23CCC(c4ccc(O)c5ccccc45)(CC2)C3)c2ccccc12. The molecule has 144 valence electrons. The lowest BCUT2D eigenvalue weighted by Gasteiger charge is -2.30. The minimum atomic E-state index is 0.173. The van der Waals surface area contributed by atoms with E-state index in [9.17, 15) is 10.2 Å². The van der Waals surface area contributed by atoms with Gasteiger partial charge in [-0.25, -0.2) is 0 Å². The van der Waals surface area contributed by atoms with E-state index in [-0.39, 0.29) is 10.8 Å². The smallest absolute Gasteiger partial charge is 0.123 e. The second kappa shape index (κ2) is 5.76. The molecule has 2 heteroatoms. The summed E-state index contributed by atoms with van der Waals surface area (Å²) in [4.78, 5) is 0. The zero-order chi connectivity index (χ0) is 19.6. The van der Waals surface area contributed by atoms with Crippen LogP contribution in [0.4, 0.5) is 0 Å². The summed E-state index contributed by atoms with van der Waals surface area (Å²) in [6.45, 7) is 0. The molecule has 29 heavy (non-hydrogen) atoms. The maximum atomic E-state index is 10.4. The van der Waals surface area contributed by atoms with E-state index in [1.165, 1.54) is 47.6 Å². The van der Waals surface area contributed by atoms with Gasteiger partial charge in [0, 0.05) is 10.8 Å². The molecule has 2 saturated carbocycles. The Morgan fingerprint density at radius 2 is 0.862 bits per heavy atom. The molecule has 4 aromatic carbocycles. The van der Waals surface area contributed by atoms with Crippen LogP contribution in [0.3, 0.4) is 0 Å². The number of fused-ring (bicyclic) bond motifs is 4. The first-order valence-electron chi connectivity index (χ1n) is 10.5. The molecule has 0 atom stereocenters. The Morgan fingerprint density at radius 3 is 1.28 bits per heavy atom. The van der Waals surface area contributed by atoms with E-state index >= 15 is 0 Å². The molecule has 2 aliphatic carbocycles. The highest BCUT2D eigenvalue weighted by Crippen LogP contribution is 2.64. The van der Waals surface area contributed by atoms with Gasteiger partial charge in [0.1, 0.15) is 11.5 Å². The van der Waals surface area contributed by atoms with E-state index < -0.39 is 0 Å². The minimum Gasteiger partial charge on any atom is -0.507 e. The van der Waals surface area contributed by atoms with Crippen LogP contribution in [0.1, 0.15) is 43.2 Å². The number of phenols is 2. The molecule has 2 bridgehead atoms. The van der Waals surface area contributed by atoms with Crippen molar-refractivity contribution in [3.05, 3.63) is 83.9 Å². The van der Waals surface area contributed by atoms with E-state index in [4.69, 9.17) is 0 Å². The molecule has 0 heterocycles. The normalized spacial score (nSPS) is 25.8. The number of hydrogen-bond donors (Lipinski definition) is 2. The van der Waals surface area contributed by atoms with E-state index in [1.807, 2.05) is 36.4 Å². The molecule has 0 spiro atoms. The van der Waals surface area contributed by atoms with Crippen LogP contribution in [0.25, 0.3) is 21.5 Å². The Bertz CT molecular complexity index is 1160. The maximum absolute atomic E-state index is 10.4. The van der Waals surface area contributed by atoms with Crippen molar-refractivity contribution in [1.29, 1.82) is 0 Å². The zero-order valence-electron chi connectivity index (χ0n) is 16.4. The monoisotopic (exact) mass is 380 g/mol. The first-order chi connectivity index (χ1) is 14.1. The molecule has 0 unspecified atom stereocenters. The minimum absolute atomic E-state index is 0.173. The first kappa shape index (κ1) is 16.9. The fourth-order valence-electron chi connectivity index (χ4n) is 6.43. The molecule has 6 rings (SSSR count). The summed E-state index contributed by atoms with van der Waals surface area (Å²) in [6.07, 6.45) is 5.85. The van der Waals surface area contributed by atoms with Gasteiger partial charge < -0.3 is 10.2 Å². The van der Waals surface area contributed by atoms with E-state index in [2.05, 4.69) is 36.4 Å². The molecule has 0 radical (unpaired) electrons. The Labute approximate surface area is 170 Å². The van der Waals surface area contributed by atoms with Crippen LogP contribution in [-0.4, -0.2) is 10.2 Å². The van der Waals surface area contributed by atoms with Crippen LogP contribution < -0.4 is 0 Å². The van der Waals surface area contributed by atoms with Gasteiger partial charge in [-0.3, -0.25) is 0 Å². The summed E-state index contributed by atoms with van der Waals surface area (Å²) in [6, 6.07) is 24.6. The summed E-state index contributed by atoms with van der Waals surface area (Å²) in [5.41, 5.74) is 3.14. The lowest BCUT2D eigenvalue weighted by molar-refractivity contribution is 0.396. The van der Waals surface area contributed by atoms with Crippen molar-refractivity contribution in [2.75, 3.05) is 0 Å². The van der Waals surface area contributed by atoms with Crippen LogP contribution in [-0.2, 0) is 10.8 Å². The number of benzene rings is 4. The third-order valence-corrected chi connectivity index (χ3v) is 7.79. The summed E-state index contributed by atoms with van der Waals surface area (Å²) in [5, 5.41) is 25.0. The van der Waals surface area contributed by atoms with Crippen LogP contribution in [0.15, 0.2) is 72.8 Å². The van der Waals surface area contributed by atoms with Crippen molar-refractivity contribution in [2.45, 2.75) is 42.9 Å². The molecular formula is C27H24O2. The van der Waals surface area contributed by atoms with Crippen molar-refractivity contribution in [1.82, 2.24) is 0 Å². The lowest BCUT2D eigenvalue weighted by Crippen LogP contribution is -2.20. The number of hydrogen-bond acceptors (Lipinski definition) is 2. The summed E-state index contributed by atoms with van der Waals surface area (Å²) >= 11 is 0. The first-order valence-corrected chi connectivity index (χ1v) is 10.5. The Balaban J connectivity index is 1.51. The quantitative estimate of drug-likeness (QED) is 0.413. The summed E-state index contributed by atoms with van der Waals surface area (Å²) < 4.78 is 0. The van der Waals surface area contributed by atoms with Gasteiger partial charge in [0.05, 0.1) is 0 Å². The van der Waals surface area contributed by atoms with Gasteiger partial charge >= 0.3 is 0 Å². The van der Waals surface area contributed by atoms with Gasteiger partial charge in [-0.1, -0.05) is 60.7 Å². The van der Waals surface area contributed by atoms with E-state index in [1.54, 1.807) is 0 Å². The molecular weight excluding hydrogens is 356 g/mol. The zero-order valence-corrected chi connectivity index (χ0v) is 16.4. The molecule has 2 N–H and O–H groups in total. The summed E-state index contributed by atoms with van der Waals surface area (Å²) in [5.74, 6) is 0.736. The average molecular weight is 380 g/mol. The van der Waals surface area contributed by atoms with Gasteiger partial charge in [0.25, 0.3) is 0 Å². The topological polar surface area (TPSA) is 40.5 Å². The lowest BCUT2D eigenvalue weighted by atomic mass is 9.74. The molecule has 2 fully saturated rings. The molecule has 0 saturated heterocycles. The second-order valence-corrected chi connectivity index (χ2v) is 9.09. The third-order valence-electron chi connectivity index (χ3n) is 7.79. The van der Waals surface area contributed by atoms with Gasteiger partial charge in [-0.15, -0.1) is 0 Å². The Hall–Kier alpha value is -3.00. The Morgan fingerprint density at radius 1 is 0.483 bits per heavy atom. The maximum Gasteiger partial charge on any atom is 0.123 e. The van der Waals surface area contributed by atoms with Crippen LogP contribution in [0.2, 0.25) is 0 Å². The molecule has 0 aliphatic heterocycles. The van der Waals surface area contributed by atoms with Crippen molar-refractivity contribution >= 4 is 21.5 Å². The predicted octanol–water partition coefficient (Wildman–Crippen LogP) is 6.56. The Kier molecular flexibility index (Phi) is 3.36. The number of rotatable bonds is 2. The van der Waals surface area contributed by atoms with Gasteiger partial charge in [-0.2, -0.15) is 0 Å². The molecule has 0 aromatic heterocycles. The predicted molar refractivity (Wildman–Crippen MR) is 118 cm³/mol. The highest BCUT2D eigenvalue weighted by molar-refractivity contribution is 5.93. The third kappa shape index (κ3) is 2.23. The van der Waals surface area contributed by atoms with Crippen LogP contribution in [0.5, 0.6) is 11.5 Å². The van der Waals surface area contributed by atoms with Crippen LogP contribution in [0, 0.1) is 0 Å². The van der Waals surface area contributed by atoms with Crippen molar-refractivity contribution in [3.8, 4) is 11.5 Å². The average Bonchev–Trinajstić information content (AvgIpc) is 3.33. The molecule has 0 amide bonds. The standard InChI is InChI=1S/C27H24O2/c28-24-11-9-22(18-5-1-3-7-20(18)24)26-13-15-27(17-26,16-14-26)23-10-12-25(29)21-8-4-2-6-19(21)23/h1-12,28-29H,13-17H2.